The van der Waals surface area contributed by atoms with Crippen LogP contribution in [0.25, 0.3) is 0 Å². The molecule has 38 heavy (non-hydrogen) atoms. The van der Waals surface area contributed by atoms with Crippen molar-refractivity contribution in [2.45, 2.75) is 134 Å². The Morgan fingerprint density at radius 1 is 1.00 bits per heavy atom. The highest BCUT2D eigenvalue weighted by atomic mass is 19.4. The number of fused-ring (bicyclic) bond motifs is 1. The van der Waals surface area contributed by atoms with Gasteiger partial charge in [-0.05, 0) is 88.9 Å². The Balaban J connectivity index is 1.35. The summed E-state index contributed by atoms with van der Waals surface area (Å²) >= 11 is 0. The van der Waals surface area contributed by atoms with Crippen molar-refractivity contribution in [2.75, 3.05) is 0 Å². The third kappa shape index (κ3) is 5.84. The van der Waals surface area contributed by atoms with Gasteiger partial charge in [-0.1, -0.05) is 26.2 Å². The van der Waals surface area contributed by atoms with Crippen LogP contribution in [0.3, 0.4) is 0 Å². The zero-order valence-corrected chi connectivity index (χ0v) is 22.7. The molecule has 0 amide bonds. The average Bonchev–Trinajstić information content (AvgIpc) is 3.03. The molecule has 8 heteroatoms. The van der Waals surface area contributed by atoms with E-state index in [2.05, 4.69) is 11.5 Å². The molecule has 0 saturated heterocycles. The first-order chi connectivity index (χ1) is 18.3. The Morgan fingerprint density at radius 2 is 1.66 bits per heavy atom. The Labute approximate surface area is 223 Å². The molecule has 3 fully saturated rings. The predicted octanol–water partition coefficient (Wildman–Crippen LogP) is 6.89. The van der Waals surface area contributed by atoms with Crippen molar-refractivity contribution in [3.05, 3.63) is 27.4 Å². The van der Waals surface area contributed by atoms with Crippen LogP contribution in [0.2, 0.25) is 0 Å². The molecule has 0 radical (unpaired) electrons. The molecule has 3 saturated carbocycles. The first-order valence-electron chi connectivity index (χ1n) is 15.2. The van der Waals surface area contributed by atoms with E-state index in [9.17, 15) is 22.8 Å². The number of halogens is 3. The fraction of sp³-hybridized carbons (Fsp3) is 0.833. The summed E-state index contributed by atoms with van der Waals surface area (Å²) in [5.74, 6) is -0.000297. The van der Waals surface area contributed by atoms with E-state index in [0.717, 1.165) is 42.8 Å². The quantitative estimate of drug-likeness (QED) is 0.268. The average molecular weight is 537 g/mol. The molecule has 212 valence electrons. The van der Waals surface area contributed by atoms with Crippen molar-refractivity contribution in [2.24, 2.45) is 23.7 Å². The Bertz CT molecular complexity index is 1020. The molecule has 4 aliphatic rings. The number of rotatable bonds is 8. The highest BCUT2D eigenvalue weighted by molar-refractivity contribution is 5.73. The standard InChI is InChI=1S/C30H43F3N2O3/c1-2-3-13-26-34-25-18-21(29(37)38-23-16-14-22(15-17-23)30(31,32)33)11-6-12-24(25)28(36)35(26)27(19-7-4-8-19)20-9-5-10-20/h19-23,27H,2-18H2,1H3. The second kappa shape index (κ2) is 11.7. The number of hydrogen-bond acceptors (Lipinski definition) is 4. The van der Waals surface area contributed by atoms with Gasteiger partial charge in [-0.3, -0.25) is 14.2 Å². The van der Waals surface area contributed by atoms with Crippen molar-refractivity contribution in [3.8, 4) is 0 Å². The topological polar surface area (TPSA) is 61.2 Å². The lowest BCUT2D eigenvalue weighted by Crippen LogP contribution is -2.43. The molecule has 5 rings (SSSR count). The predicted molar refractivity (Wildman–Crippen MR) is 139 cm³/mol. The van der Waals surface area contributed by atoms with Crippen molar-refractivity contribution < 1.29 is 22.7 Å². The van der Waals surface area contributed by atoms with Crippen LogP contribution in [0.1, 0.15) is 120 Å². The summed E-state index contributed by atoms with van der Waals surface area (Å²) in [7, 11) is 0. The molecule has 0 N–H and O–H groups in total. The molecule has 1 atom stereocenters. The number of aryl methyl sites for hydroxylation is 1. The lowest BCUT2D eigenvalue weighted by molar-refractivity contribution is -0.189. The van der Waals surface area contributed by atoms with Crippen LogP contribution >= 0.6 is 0 Å². The lowest BCUT2D eigenvalue weighted by Gasteiger charge is -2.44. The molecular weight excluding hydrogens is 493 g/mol. The molecular formula is C30H43F3N2O3. The summed E-state index contributed by atoms with van der Waals surface area (Å²) < 4.78 is 46.9. The van der Waals surface area contributed by atoms with Crippen LogP contribution in [0.4, 0.5) is 13.2 Å². The third-order valence-corrected chi connectivity index (χ3v) is 9.86. The van der Waals surface area contributed by atoms with E-state index in [0.29, 0.717) is 31.1 Å². The molecule has 1 aromatic rings. The molecule has 5 nitrogen and oxygen atoms in total. The number of hydrogen-bond donors (Lipinski definition) is 0. The third-order valence-electron chi connectivity index (χ3n) is 9.86. The maximum Gasteiger partial charge on any atom is 0.391 e. The second-order valence-corrected chi connectivity index (χ2v) is 12.3. The van der Waals surface area contributed by atoms with E-state index in [4.69, 9.17) is 9.72 Å². The molecule has 0 aromatic carbocycles. The number of carbonyl (C=O) groups is 1. The Kier molecular flexibility index (Phi) is 8.54. The van der Waals surface area contributed by atoms with Gasteiger partial charge in [0.2, 0.25) is 0 Å². The molecule has 1 aromatic heterocycles. The largest absolute Gasteiger partial charge is 0.462 e. The summed E-state index contributed by atoms with van der Waals surface area (Å²) in [5.41, 5.74) is 1.64. The molecule has 4 aliphatic carbocycles. The van der Waals surface area contributed by atoms with Crippen LogP contribution in [-0.4, -0.2) is 27.8 Å². The van der Waals surface area contributed by atoms with Crippen LogP contribution in [0.15, 0.2) is 4.79 Å². The van der Waals surface area contributed by atoms with Gasteiger partial charge in [0.1, 0.15) is 11.9 Å². The van der Waals surface area contributed by atoms with Crippen molar-refractivity contribution in [3.63, 3.8) is 0 Å². The van der Waals surface area contributed by atoms with E-state index in [1.54, 1.807) is 0 Å². The number of alkyl halides is 3. The van der Waals surface area contributed by atoms with E-state index >= 15 is 0 Å². The van der Waals surface area contributed by atoms with Crippen molar-refractivity contribution in [1.29, 1.82) is 0 Å². The molecule has 0 bridgehead atoms. The van der Waals surface area contributed by atoms with Gasteiger partial charge < -0.3 is 4.74 Å². The van der Waals surface area contributed by atoms with Crippen molar-refractivity contribution in [1.82, 2.24) is 9.55 Å². The molecule has 1 heterocycles. The zero-order chi connectivity index (χ0) is 26.9. The summed E-state index contributed by atoms with van der Waals surface area (Å²) in [4.78, 5) is 32.4. The minimum absolute atomic E-state index is 0.0139. The first kappa shape index (κ1) is 27.7. The Morgan fingerprint density at radius 3 is 2.21 bits per heavy atom. The van der Waals surface area contributed by atoms with Crippen LogP contribution in [-0.2, 0) is 28.8 Å². The van der Waals surface area contributed by atoms with Gasteiger partial charge in [0.05, 0.1) is 17.5 Å². The maximum absolute atomic E-state index is 14.1. The SMILES string of the molecule is CCCCc1nc2c(c(=O)n1C(C1CCC1)C1CCC1)CCCC(C(=O)OC1CCC(C(F)(F)F)CC1)C2. The highest BCUT2D eigenvalue weighted by Crippen LogP contribution is 2.47. The van der Waals surface area contributed by atoms with Gasteiger partial charge in [-0.2, -0.15) is 13.2 Å². The molecule has 1 unspecified atom stereocenters. The van der Waals surface area contributed by atoms with Gasteiger partial charge in [0.15, 0.2) is 0 Å². The van der Waals surface area contributed by atoms with Crippen LogP contribution < -0.4 is 5.56 Å². The van der Waals surface area contributed by atoms with Gasteiger partial charge >= 0.3 is 12.1 Å². The smallest absolute Gasteiger partial charge is 0.391 e. The normalized spacial score (nSPS) is 26.8. The summed E-state index contributed by atoms with van der Waals surface area (Å²) in [6.45, 7) is 2.15. The first-order valence-corrected chi connectivity index (χ1v) is 15.2. The molecule has 0 aliphatic heterocycles. The van der Waals surface area contributed by atoms with E-state index in [-0.39, 0.29) is 43.3 Å². The fourth-order valence-electron chi connectivity index (χ4n) is 7.10. The zero-order valence-electron chi connectivity index (χ0n) is 22.7. The minimum atomic E-state index is -4.18. The number of carbonyl (C=O) groups excluding carboxylic acids is 1. The van der Waals surface area contributed by atoms with E-state index in [1.807, 2.05) is 0 Å². The molecule has 0 spiro atoms. The highest BCUT2D eigenvalue weighted by Gasteiger charge is 2.43. The van der Waals surface area contributed by atoms with Crippen molar-refractivity contribution >= 4 is 5.97 Å². The van der Waals surface area contributed by atoms with Crippen LogP contribution in [0, 0.1) is 23.7 Å². The second-order valence-electron chi connectivity index (χ2n) is 12.3. The number of nitrogens with zero attached hydrogens (tertiary/aromatic N) is 2. The number of aromatic nitrogens is 2. The fourth-order valence-corrected chi connectivity index (χ4v) is 7.10. The summed E-state index contributed by atoms with van der Waals surface area (Å²) in [5, 5.41) is 0. The van der Waals surface area contributed by atoms with Gasteiger partial charge in [0, 0.05) is 24.4 Å². The van der Waals surface area contributed by atoms with E-state index < -0.39 is 24.1 Å². The number of esters is 1. The summed E-state index contributed by atoms with van der Waals surface area (Å²) in [6, 6.07) is 0.255. The number of unbranched alkanes of at least 4 members (excludes halogenated alkanes) is 1. The Hall–Kier alpha value is -1.86. The maximum atomic E-state index is 14.1. The van der Waals surface area contributed by atoms with Crippen LogP contribution in [0.5, 0.6) is 0 Å². The summed E-state index contributed by atoms with van der Waals surface area (Å²) in [6.07, 6.45) is 8.28. The van der Waals surface area contributed by atoms with Gasteiger partial charge in [-0.15, -0.1) is 0 Å². The van der Waals surface area contributed by atoms with E-state index in [1.165, 1.54) is 38.5 Å². The minimum Gasteiger partial charge on any atom is -0.462 e. The lowest BCUT2D eigenvalue weighted by atomic mass is 9.68. The van der Waals surface area contributed by atoms with Gasteiger partial charge in [-0.25, -0.2) is 4.98 Å². The van der Waals surface area contributed by atoms with Gasteiger partial charge in [0.25, 0.3) is 5.56 Å². The monoisotopic (exact) mass is 536 g/mol. The number of ether oxygens (including phenoxy) is 1.